The second-order valence-electron chi connectivity index (χ2n) is 18.6. The van der Waals surface area contributed by atoms with E-state index in [2.05, 4.69) is 0 Å². The van der Waals surface area contributed by atoms with Crippen LogP contribution in [0.4, 0.5) is 0 Å². The Balaban J connectivity index is 2.17. The molecule has 0 bridgehead atoms. The van der Waals surface area contributed by atoms with Crippen molar-refractivity contribution in [3.05, 3.63) is 0 Å². The topological polar surface area (TPSA) is 208 Å². The summed E-state index contributed by atoms with van der Waals surface area (Å²) in [5.41, 5.74) is -4.43. The largest absolute Gasteiger partial charge is 0.481 e. The maximum absolute atomic E-state index is 14.4. The molecule has 57 heavy (non-hydrogen) atoms. The van der Waals surface area contributed by atoms with E-state index in [0.29, 0.717) is 32.4 Å². The number of nitrogens with zero attached hydrogens (tertiary/aromatic N) is 2. The molecular formula is C42H78N2O13. The van der Waals surface area contributed by atoms with Crippen molar-refractivity contribution in [3.63, 3.8) is 0 Å². The minimum atomic E-state index is -1.81. The molecule has 3 rings (SSSR count). The second-order valence-corrected chi connectivity index (χ2v) is 18.6. The summed E-state index contributed by atoms with van der Waals surface area (Å²) in [5, 5.41) is 68.3. The van der Waals surface area contributed by atoms with E-state index in [-0.39, 0.29) is 43.7 Å². The number of carbonyl (C=O) groups is 2. The number of ether oxygens (including phenoxy) is 5. The number of carbonyl (C=O) groups excluding carboxylic acids is 1. The van der Waals surface area contributed by atoms with Crippen molar-refractivity contribution in [1.82, 2.24) is 9.80 Å². The van der Waals surface area contributed by atoms with Crippen LogP contribution in [0.15, 0.2) is 0 Å². The predicted octanol–water partition coefficient (Wildman–Crippen LogP) is 2.80. The van der Waals surface area contributed by atoms with E-state index in [1.165, 1.54) is 14.0 Å². The maximum Gasteiger partial charge on any atom is 0.309 e. The molecule has 18 atom stereocenters. The highest BCUT2D eigenvalue weighted by Crippen LogP contribution is 2.45. The average molecular weight is 819 g/mol. The lowest BCUT2D eigenvalue weighted by Crippen LogP contribution is -2.62. The quantitative estimate of drug-likeness (QED) is 0.131. The number of methoxy groups -OCH3 is 1. The number of carboxylic acids is 1. The van der Waals surface area contributed by atoms with Crippen LogP contribution in [0.1, 0.15) is 114 Å². The number of esters is 1. The van der Waals surface area contributed by atoms with E-state index in [1.54, 1.807) is 41.5 Å². The highest BCUT2D eigenvalue weighted by molar-refractivity contribution is 5.73. The molecule has 3 saturated heterocycles. The summed E-state index contributed by atoms with van der Waals surface area (Å²) < 4.78 is 31.7. The molecule has 0 amide bonds. The molecule has 0 saturated carbocycles. The van der Waals surface area contributed by atoms with Gasteiger partial charge in [-0.25, -0.2) is 0 Å². The lowest BCUT2D eigenvalue weighted by atomic mass is 9.68. The summed E-state index contributed by atoms with van der Waals surface area (Å²) in [5.74, 6) is -3.96. The van der Waals surface area contributed by atoms with Crippen LogP contribution in [-0.4, -0.2) is 171 Å². The van der Waals surface area contributed by atoms with Gasteiger partial charge in [-0.15, -0.1) is 0 Å². The molecule has 3 aliphatic rings. The van der Waals surface area contributed by atoms with Gasteiger partial charge in [-0.05, 0) is 106 Å². The van der Waals surface area contributed by atoms with Gasteiger partial charge in [0.15, 0.2) is 6.29 Å². The number of aliphatic hydroxyl groups excluding tert-OH is 3. The van der Waals surface area contributed by atoms with Crippen molar-refractivity contribution < 1.29 is 63.9 Å². The van der Waals surface area contributed by atoms with Gasteiger partial charge in [-0.2, -0.15) is 0 Å². The number of rotatable bonds is 11. The standard InChI is InChI=1S/C42H78N2O13/c1-14-31-42(10,52)35(48)27(6)44(12)22-23(2)20-40(8,51)37(57-39-34(47)29(19-24(3)54-39)43(11)18-16-15-17-32(45)46)25(4)33(26(5)38(50)56-31)30-21-41(9,53-13)36(49)28(7)55-30/h23-31,33-37,39,47-49,51-52H,14-22H2,1-13H3,(H,45,46)/t23-,24-,25+,26-,27-,28+,29+,30-,31-,33?,34-,35-,36+,37-,39+,40-,41-,42-/m1/s1. The monoisotopic (exact) mass is 819 g/mol. The Morgan fingerprint density at radius 2 is 1.61 bits per heavy atom. The highest BCUT2D eigenvalue weighted by atomic mass is 16.7. The molecule has 1 unspecified atom stereocenters. The number of aliphatic carboxylic acids is 1. The van der Waals surface area contributed by atoms with Crippen molar-refractivity contribution in [3.8, 4) is 0 Å². The number of hydrogen-bond acceptors (Lipinski definition) is 14. The van der Waals surface area contributed by atoms with Gasteiger partial charge in [0.1, 0.15) is 30.0 Å². The zero-order valence-corrected chi connectivity index (χ0v) is 37.0. The summed E-state index contributed by atoms with van der Waals surface area (Å²) in [6, 6.07) is -0.941. The third-order valence-electron chi connectivity index (χ3n) is 13.6. The second kappa shape index (κ2) is 20.4. The van der Waals surface area contributed by atoms with Crippen LogP contribution in [0.25, 0.3) is 0 Å². The Hall–Kier alpha value is -1.50. The number of hydrogen-bond donors (Lipinski definition) is 6. The number of likely N-dealkylation sites (N-methyl/N-ethyl adjacent to an activating group) is 2. The number of cyclic esters (lactones) is 1. The highest BCUT2D eigenvalue weighted by Gasteiger charge is 2.55. The normalized spacial score (nSPS) is 46.2. The predicted molar refractivity (Wildman–Crippen MR) is 213 cm³/mol. The first-order valence-corrected chi connectivity index (χ1v) is 21.2. The Morgan fingerprint density at radius 1 is 0.982 bits per heavy atom. The van der Waals surface area contributed by atoms with Crippen LogP contribution in [0.3, 0.4) is 0 Å². The van der Waals surface area contributed by atoms with Crippen molar-refractivity contribution in [1.29, 1.82) is 0 Å². The van der Waals surface area contributed by atoms with Crippen LogP contribution >= 0.6 is 0 Å². The fourth-order valence-electron chi connectivity index (χ4n) is 10.0. The number of aliphatic hydroxyl groups is 5. The summed E-state index contributed by atoms with van der Waals surface area (Å²) in [7, 11) is 5.24. The molecule has 3 fully saturated rings. The molecule has 0 aromatic rings. The van der Waals surface area contributed by atoms with Crippen molar-refractivity contribution in [2.75, 3.05) is 34.3 Å². The van der Waals surface area contributed by atoms with Gasteiger partial charge >= 0.3 is 11.9 Å². The van der Waals surface area contributed by atoms with Crippen LogP contribution in [0.2, 0.25) is 0 Å². The van der Waals surface area contributed by atoms with E-state index in [9.17, 15) is 35.1 Å². The average Bonchev–Trinajstić information content (AvgIpc) is 3.12. The third kappa shape index (κ3) is 11.9. The molecule has 15 heteroatoms. The fraction of sp³-hybridized carbons (Fsp3) is 0.952. The first-order chi connectivity index (χ1) is 26.3. The zero-order chi connectivity index (χ0) is 43.4. The van der Waals surface area contributed by atoms with Crippen molar-refractivity contribution in [2.45, 2.75) is 198 Å². The van der Waals surface area contributed by atoms with Crippen LogP contribution < -0.4 is 0 Å². The van der Waals surface area contributed by atoms with Gasteiger partial charge in [0.05, 0.1) is 41.5 Å². The lowest BCUT2D eigenvalue weighted by molar-refractivity contribution is -0.303. The maximum atomic E-state index is 14.4. The number of unbranched alkanes of at least 4 members (excludes halogenated alkanes) is 1. The molecule has 6 N–H and O–H groups in total. The molecule has 0 aliphatic carbocycles. The van der Waals surface area contributed by atoms with E-state index in [0.717, 1.165) is 0 Å². The molecule has 0 aromatic heterocycles. The van der Waals surface area contributed by atoms with Crippen LogP contribution in [-0.2, 0) is 33.3 Å². The van der Waals surface area contributed by atoms with E-state index >= 15 is 0 Å². The first-order valence-electron chi connectivity index (χ1n) is 21.2. The third-order valence-corrected chi connectivity index (χ3v) is 13.6. The van der Waals surface area contributed by atoms with Crippen molar-refractivity contribution >= 4 is 11.9 Å². The van der Waals surface area contributed by atoms with E-state index in [1.807, 2.05) is 44.7 Å². The Labute approximate surface area is 341 Å². The molecule has 0 spiro atoms. The Bertz CT molecular complexity index is 1290. The number of carboxylic acid groups (broad SMARTS) is 1. The fourth-order valence-corrected chi connectivity index (χ4v) is 10.0. The molecule has 3 aliphatic heterocycles. The molecular weight excluding hydrogens is 740 g/mol. The molecule has 0 aromatic carbocycles. The van der Waals surface area contributed by atoms with Crippen LogP contribution in [0.5, 0.6) is 0 Å². The minimum Gasteiger partial charge on any atom is -0.481 e. The smallest absolute Gasteiger partial charge is 0.309 e. The summed E-state index contributed by atoms with van der Waals surface area (Å²) >= 11 is 0. The van der Waals surface area contributed by atoms with Gasteiger partial charge in [0, 0.05) is 44.5 Å². The summed E-state index contributed by atoms with van der Waals surface area (Å²) in [6.45, 7) is 18.8. The van der Waals surface area contributed by atoms with E-state index in [4.69, 9.17) is 28.8 Å². The van der Waals surface area contributed by atoms with Gasteiger partial charge < -0.3 is 64.1 Å². The van der Waals surface area contributed by atoms with Gasteiger partial charge in [-0.1, -0.05) is 27.7 Å². The molecule has 3 heterocycles. The van der Waals surface area contributed by atoms with E-state index < -0.39 is 102 Å². The zero-order valence-electron chi connectivity index (χ0n) is 37.0. The summed E-state index contributed by atoms with van der Waals surface area (Å²) in [6.07, 6.45) is -6.08. The molecule has 0 radical (unpaired) electrons. The SMILES string of the molecule is CC[C@H]1OC(=O)[C@H](C)C([C@H]2C[C@@](C)(OC)[C@@H](O)[C@H](C)O2)[C@H](C)[C@@H](O[C@@H]2O[C@H](C)C[C@H](N(C)CCCCC(=O)O)[C@H]2O)[C@](C)(O)C[C@@H](C)CN(C)[C@H](C)[C@@H](O)[C@]1(C)O. The Morgan fingerprint density at radius 3 is 2.19 bits per heavy atom. The van der Waals surface area contributed by atoms with Crippen LogP contribution in [0, 0.1) is 23.7 Å². The minimum absolute atomic E-state index is 0.0617. The van der Waals surface area contributed by atoms with Gasteiger partial charge in [-0.3, -0.25) is 9.59 Å². The molecule has 15 nitrogen and oxygen atoms in total. The Kier molecular flexibility index (Phi) is 17.8. The van der Waals surface area contributed by atoms with Gasteiger partial charge in [0.2, 0.25) is 0 Å². The summed E-state index contributed by atoms with van der Waals surface area (Å²) in [4.78, 5) is 29.5. The first kappa shape index (κ1) is 49.9. The molecule has 334 valence electrons. The van der Waals surface area contributed by atoms with Crippen molar-refractivity contribution in [2.24, 2.45) is 23.7 Å². The van der Waals surface area contributed by atoms with Gasteiger partial charge in [0.25, 0.3) is 0 Å². The lowest BCUT2D eigenvalue weighted by Gasteiger charge is -2.51.